The number of nitrogens with zero attached hydrogens (tertiary/aromatic N) is 4. The van der Waals surface area contributed by atoms with Crippen LogP contribution in [0.2, 0.25) is 0 Å². The molecular weight excluding hydrogens is 447 g/mol. The molecule has 0 saturated heterocycles. The normalized spacial score (nSPS) is 11.0. The monoisotopic (exact) mass is 458 g/mol. The van der Waals surface area contributed by atoms with Crippen molar-refractivity contribution in [3.8, 4) is 28.7 Å². The molecule has 0 aliphatic carbocycles. The Bertz CT molecular complexity index is 1220. The van der Waals surface area contributed by atoms with Crippen LogP contribution < -0.4 is 5.43 Å². The Morgan fingerprint density at radius 1 is 1.18 bits per heavy atom. The molecule has 4 rings (SSSR count). The van der Waals surface area contributed by atoms with Gasteiger partial charge in [0.1, 0.15) is 5.82 Å². The molecule has 0 saturated carbocycles. The lowest BCUT2D eigenvalue weighted by Gasteiger charge is -2.07. The van der Waals surface area contributed by atoms with Gasteiger partial charge >= 0.3 is 0 Å². The number of aromatic nitrogens is 4. The summed E-state index contributed by atoms with van der Waals surface area (Å²) in [6, 6.07) is 13.5. The predicted octanol–water partition coefficient (Wildman–Crippen LogP) is 4.57. The van der Waals surface area contributed by atoms with E-state index in [9.17, 15) is 9.18 Å². The van der Waals surface area contributed by atoms with E-state index < -0.39 is 5.82 Å². The van der Waals surface area contributed by atoms with E-state index in [0.29, 0.717) is 5.56 Å². The second-order valence-electron chi connectivity index (χ2n) is 5.73. The minimum Gasteiger partial charge on any atom is -0.332 e. The average molecular weight is 459 g/mol. The number of halogens is 2. The molecule has 0 spiro atoms. The maximum absolute atomic E-state index is 13.4. The van der Waals surface area contributed by atoms with Gasteiger partial charge in [0.25, 0.3) is 5.89 Å². The lowest BCUT2D eigenvalue weighted by atomic mass is 10.2. The molecule has 28 heavy (non-hydrogen) atoms. The number of rotatable bonds is 4. The number of hydrogen-bond donors (Lipinski definition) is 0. The quantitative estimate of drug-likeness (QED) is 0.417. The topological polar surface area (TPSA) is 73.8 Å². The van der Waals surface area contributed by atoms with Gasteiger partial charge in [-0.05, 0) is 58.6 Å². The molecule has 0 atom stereocenters. The number of thioether (sulfide) groups is 1. The summed E-state index contributed by atoms with van der Waals surface area (Å²) in [7, 11) is 0. The SMILES string of the molecule is CSc1cccc(-n2ccc(=O)c(-c3nc(-c4ccc(F)c(Br)c4)no3)n2)c1. The summed E-state index contributed by atoms with van der Waals surface area (Å²) >= 11 is 4.74. The van der Waals surface area contributed by atoms with Gasteiger partial charge in [-0.15, -0.1) is 11.8 Å². The standard InChI is InChI=1S/C19H12BrFN4O2S/c1-28-13-4-2-3-12(10-13)25-8-7-16(26)17(23-25)19-22-18(24-27-19)11-5-6-15(21)14(20)9-11/h2-10H,1H3. The zero-order valence-electron chi connectivity index (χ0n) is 14.5. The van der Waals surface area contributed by atoms with Crippen molar-refractivity contribution in [2.75, 3.05) is 6.26 Å². The third-order valence-corrected chi connectivity index (χ3v) is 5.27. The first-order chi connectivity index (χ1) is 13.5. The Hall–Kier alpha value is -2.78. The molecule has 0 radical (unpaired) electrons. The van der Waals surface area contributed by atoms with Crippen LogP contribution in [0.25, 0.3) is 28.7 Å². The molecule has 0 N–H and O–H groups in total. The fraction of sp³-hybridized carbons (Fsp3) is 0.0526. The van der Waals surface area contributed by atoms with Crippen molar-refractivity contribution >= 4 is 27.7 Å². The van der Waals surface area contributed by atoms with Crippen molar-refractivity contribution in [1.82, 2.24) is 19.9 Å². The van der Waals surface area contributed by atoms with E-state index in [0.717, 1.165) is 10.6 Å². The number of benzene rings is 2. The summed E-state index contributed by atoms with van der Waals surface area (Å²) in [6.07, 6.45) is 3.57. The highest BCUT2D eigenvalue weighted by molar-refractivity contribution is 9.10. The summed E-state index contributed by atoms with van der Waals surface area (Å²) < 4.78 is 20.5. The molecule has 6 nitrogen and oxygen atoms in total. The lowest BCUT2D eigenvalue weighted by molar-refractivity contribution is 0.429. The van der Waals surface area contributed by atoms with E-state index in [4.69, 9.17) is 4.52 Å². The summed E-state index contributed by atoms with van der Waals surface area (Å²) in [4.78, 5) is 17.6. The van der Waals surface area contributed by atoms with Gasteiger partial charge in [0.05, 0.1) is 10.2 Å². The highest BCUT2D eigenvalue weighted by Crippen LogP contribution is 2.25. The molecule has 0 fully saturated rings. The Labute approximate surface area is 171 Å². The van der Waals surface area contributed by atoms with E-state index in [-0.39, 0.29) is 27.3 Å². The first kappa shape index (κ1) is 18.6. The van der Waals surface area contributed by atoms with Gasteiger partial charge in [0, 0.05) is 22.7 Å². The molecule has 4 aromatic rings. The predicted molar refractivity (Wildman–Crippen MR) is 108 cm³/mol. The lowest BCUT2D eigenvalue weighted by Crippen LogP contribution is -2.12. The van der Waals surface area contributed by atoms with Crippen LogP contribution in [0.5, 0.6) is 0 Å². The zero-order valence-corrected chi connectivity index (χ0v) is 16.9. The van der Waals surface area contributed by atoms with E-state index in [1.165, 1.54) is 24.3 Å². The fourth-order valence-electron chi connectivity index (χ4n) is 2.52. The van der Waals surface area contributed by atoms with Crippen molar-refractivity contribution in [3.63, 3.8) is 0 Å². The molecule has 0 amide bonds. The summed E-state index contributed by atoms with van der Waals surface area (Å²) in [5.41, 5.74) is 1.05. The molecule has 2 aromatic heterocycles. The smallest absolute Gasteiger partial charge is 0.282 e. The molecule has 0 unspecified atom stereocenters. The van der Waals surface area contributed by atoms with Gasteiger partial charge in [-0.3, -0.25) is 4.79 Å². The Kier molecular flexibility index (Phi) is 5.10. The Morgan fingerprint density at radius 3 is 2.82 bits per heavy atom. The second kappa shape index (κ2) is 7.69. The van der Waals surface area contributed by atoms with E-state index in [2.05, 4.69) is 31.2 Å². The van der Waals surface area contributed by atoms with Gasteiger partial charge in [-0.2, -0.15) is 10.1 Å². The molecule has 2 heterocycles. The molecule has 0 aliphatic heterocycles. The van der Waals surface area contributed by atoms with Crippen LogP contribution in [0.4, 0.5) is 4.39 Å². The van der Waals surface area contributed by atoms with Crippen LogP contribution >= 0.6 is 27.7 Å². The molecule has 9 heteroatoms. The Morgan fingerprint density at radius 2 is 2.04 bits per heavy atom. The van der Waals surface area contributed by atoms with Crippen LogP contribution in [-0.4, -0.2) is 26.2 Å². The highest BCUT2D eigenvalue weighted by atomic mass is 79.9. The van der Waals surface area contributed by atoms with Gasteiger partial charge in [0.15, 0.2) is 5.69 Å². The van der Waals surface area contributed by atoms with Crippen molar-refractivity contribution < 1.29 is 8.91 Å². The third-order valence-electron chi connectivity index (χ3n) is 3.93. The average Bonchev–Trinajstić information content (AvgIpc) is 3.20. The molecule has 140 valence electrons. The van der Waals surface area contributed by atoms with E-state index in [1.54, 1.807) is 22.6 Å². The van der Waals surface area contributed by atoms with Crippen molar-refractivity contribution in [2.45, 2.75) is 4.90 Å². The van der Waals surface area contributed by atoms with Crippen LogP contribution in [0.15, 0.2) is 73.4 Å². The van der Waals surface area contributed by atoms with Gasteiger partial charge in [-0.25, -0.2) is 9.07 Å². The van der Waals surface area contributed by atoms with E-state index >= 15 is 0 Å². The van der Waals surface area contributed by atoms with Crippen LogP contribution in [0.1, 0.15) is 0 Å². The van der Waals surface area contributed by atoms with Gasteiger partial charge < -0.3 is 4.52 Å². The molecule has 2 aromatic carbocycles. The summed E-state index contributed by atoms with van der Waals surface area (Å²) in [6.45, 7) is 0. The highest BCUT2D eigenvalue weighted by Gasteiger charge is 2.17. The first-order valence-electron chi connectivity index (χ1n) is 8.09. The molecule has 0 aliphatic rings. The van der Waals surface area contributed by atoms with Gasteiger partial charge in [0.2, 0.25) is 11.3 Å². The second-order valence-corrected chi connectivity index (χ2v) is 7.46. The largest absolute Gasteiger partial charge is 0.332 e. The number of hydrogen-bond acceptors (Lipinski definition) is 6. The molecular formula is C19H12BrFN4O2S. The maximum Gasteiger partial charge on any atom is 0.282 e. The minimum atomic E-state index is -0.396. The third kappa shape index (κ3) is 3.63. The fourth-order valence-corrected chi connectivity index (χ4v) is 3.36. The van der Waals surface area contributed by atoms with Crippen molar-refractivity contribution in [1.29, 1.82) is 0 Å². The summed E-state index contributed by atoms with van der Waals surface area (Å²) in [5, 5.41) is 8.24. The molecule has 0 bridgehead atoms. The maximum atomic E-state index is 13.4. The minimum absolute atomic E-state index is 0.00387. The van der Waals surface area contributed by atoms with Crippen LogP contribution in [0, 0.1) is 5.82 Å². The summed E-state index contributed by atoms with van der Waals surface area (Å²) in [5.74, 6) is -0.167. The first-order valence-corrected chi connectivity index (χ1v) is 10.1. The van der Waals surface area contributed by atoms with E-state index in [1.807, 2.05) is 30.5 Å². The Balaban J connectivity index is 1.74. The van der Waals surface area contributed by atoms with Gasteiger partial charge in [-0.1, -0.05) is 11.2 Å². The van der Waals surface area contributed by atoms with Crippen LogP contribution in [0.3, 0.4) is 0 Å². The van der Waals surface area contributed by atoms with Crippen LogP contribution in [-0.2, 0) is 0 Å². The van der Waals surface area contributed by atoms with Crippen molar-refractivity contribution in [2.24, 2.45) is 0 Å². The van der Waals surface area contributed by atoms with Crippen molar-refractivity contribution in [3.05, 3.63) is 75.2 Å². The zero-order chi connectivity index (χ0) is 19.7.